The number of hydrogen-bond acceptors (Lipinski definition) is 3. The molecule has 0 aliphatic carbocycles. The Morgan fingerprint density at radius 1 is 1.18 bits per heavy atom. The second-order valence-electron chi connectivity index (χ2n) is 5.69. The fourth-order valence-electron chi connectivity index (χ4n) is 1.89. The molecule has 1 aromatic carbocycles. The molecule has 5 nitrogen and oxygen atoms in total. The highest BCUT2D eigenvalue weighted by Crippen LogP contribution is 2.09. The third-order valence-corrected chi connectivity index (χ3v) is 3.42. The van der Waals surface area contributed by atoms with Crippen LogP contribution in [-0.2, 0) is 16.1 Å². The molecule has 0 bridgehead atoms. The van der Waals surface area contributed by atoms with E-state index < -0.39 is 6.04 Å². The number of amides is 2. The summed E-state index contributed by atoms with van der Waals surface area (Å²) in [6.45, 7) is 8.18. The van der Waals surface area contributed by atoms with E-state index in [0.29, 0.717) is 6.54 Å². The van der Waals surface area contributed by atoms with Gasteiger partial charge in [0, 0.05) is 6.54 Å². The molecular formula is C16H26ClN3O2. The quantitative estimate of drug-likeness (QED) is 0.739. The second kappa shape index (κ2) is 9.43. The molecule has 4 N–H and O–H groups in total. The summed E-state index contributed by atoms with van der Waals surface area (Å²) in [7, 11) is 0. The molecule has 0 radical (unpaired) electrons. The van der Waals surface area contributed by atoms with E-state index in [1.165, 1.54) is 5.56 Å². The van der Waals surface area contributed by atoms with Crippen LogP contribution in [0, 0.1) is 19.8 Å². The van der Waals surface area contributed by atoms with Gasteiger partial charge in [-0.3, -0.25) is 9.59 Å². The van der Waals surface area contributed by atoms with Crippen LogP contribution >= 0.6 is 12.4 Å². The van der Waals surface area contributed by atoms with Crippen molar-refractivity contribution >= 4 is 24.2 Å². The summed E-state index contributed by atoms with van der Waals surface area (Å²) in [6.07, 6.45) is 0. The van der Waals surface area contributed by atoms with Crippen LogP contribution in [-0.4, -0.2) is 24.4 Å². The number of rotatable bonds is 6. The van der Waals surface area contributed by atoms with Crippen LogP contribution < -0.4 is 16.4 Å². The molecule has 1 rings (SSSR count). The Balaban J connectivity index is 0.00000441. The first-order chi connectivity index (χ1) is 9.81. The summed E-state index contributed by atoms with van der Waals surface area (Å²) in [5.41, 5.74) is 9.10. The topological polar surface area (TPSA) is 84.2 Å². The third-order valence-electron chi connectivity index (χ3n) is 3.42. The smallest absolute Gasteiger partial charge is 0.239 e. The number of nitrogens with two attached hydrogens (primary N) is 1. The van der Waals surface area contributed by atoms with Gasteiger partial charge in [-0.2, -0.15) is 0 Å². The lowest BCUT2D eigenvalue weighted by atomic mass is 10.1. The number of carbonyl (C=O) groups excluding carboxylic acids is 2. The van der Waals surface area contributed by atoms with Gasteiger partial charge in [-0.15, -0.1) is 12.4 Å². The van der Waals surface area contributed by atoms with Crippen LogP contribution in [0.25, 0.3) is 0 Å². The molecule has 0 spiro atoms. The van der Waals surface area contributed by atoms with Gasteiger partial charge in [0.05, 0.1) is 12.6 Å². The van der Waals surface area contributed by atoms with Gasteiger partial charge in [0.25, 0.3) is 0 Å². The summed E-state index contributed by atoms with van der Waals surface area (Å²) in [5, 5.41) is 5.34. The normalized spacial score (nSPS) is 11.5. The third kappa shape index (κ3) is 6.45. The Hall–Kier alpha value is -1.59. The number of hydrogen-bond donors (Lipinski definition) is 3. The van der Waals surface area contributed by atoms with Gasteiger partial charge in [0.2, 0.25) is 11.8 Å². The lowest BCUT2D eigenvalue weighted by molar-refractivity contribution is -0.127. The number of nitrogens with one attached hydrogen (secondary N) is 2. The number of halogens is 1. The highest BCUT2D eigenvalue weighted by molar-refractivity contribution is 5.87. The van der Waals surface area contributed by atoms with Crippen molar-refractivity contribution in [3.05, 3.63) is 34.9 Å². The zero-order chi connectivity index (χ0) is 16.0. The molecule has 1 atom stereocenters. The minimum atomic E-state index is -0.586. The van der Waals surface area contributed by atoms with Crippen molar-refractivity contribution in [3.63, 3.8) is 0 Å². The molecule has 0 saturated heterocycles. The van der Waals surface area contributed by atoms with E-state index in [4.69, 9.17) is 5.73 Å². The Morgan fingerprint density at radius 3 is 2.36 bits per heavy atom. The maximum Gasteiger partial charge on any atom is 0.239 e. The maximum absolute atomic E-state index is 11.7. The standard InChI is InChI=1S/C16H25N3O2.ClH/c1-10(2)15(17)16(21)19-9-14(20)18-8-13-6-5-11(3)7-12(13)4;/h5-7,10,15H,8-9,17H2,1-4H3,(H,18,20)(H,19,21);1H/t15-;/m0./s1. The first-order valence-electron chi connectivity index (χ1n) is 7.17. The molecule has 0 unspecified atom stereocenters. The molecule has 0 heterocycles. The molecule has 0 aliphatic heterocycles. The van der Waals surface area contributed by atoms with Crippen LogP contribution in [0.3, 0.4) is 0 Å². The molecule has 22 heavy (non-hydrogen) atoms. The van der Waals surface area contributed by atoms with Crippen LogP contribution in [0.5, 0.6) is 0 Å². The van der Waals surface area contributed by atoms with Crippen molar-refractivity contribution in [3.8, 4) is 0 Å². The van der Waals surface area contributed by atoms with Crippen molar-refractivity contribution in [1.29, 1.82) is 0 Å². The molecule has 6 heteroatoms. The van der Waals surface area contributed by atoms with Gasteiger partial charge in [-0.05, 0) is 30.9 Å². The summed E-state index contributed by atoms with van der Waals surface area (Å²) in [6, 6.07) is 5.50. The Bertz CT molecular complexity index is 518. The van der Waals surface area contributed by atoms with Gasteiger partial charge in [-0.1, -0.05) is 37.6 Å². The van der Waals surface area contributed by atoms with E-state index in [9.17, 15) is 9.59 Å². The zero-order valence-electron chi connectivity index (χ0n) is 13.6. The molecule has 0 fully saturated rings. The lowest BCUT2D eigenvalue weighted by Gasteiger charge is -2.15. The predicted octanol–water partition coefficient (Wildman–Crippen LogP) is 1.44. The van der Waals surface area contributed by atoms with Crippen molar-refractivity contribution in [2.45, 2.75) is 40.3 Å². The van der Waals surface area contributed by atoms with Gasteiger partial charge >= 0.3 is 0 Å². The number of aryl methyl sites for hydroxylation is 2. The summed E-state index contributed by atoms with van der Waals surface area (Å²) >= 11 is 0. The number of carbonyl (C=O) groups is 2. The fraction of sp³-hybridized carbons (Fsp3) is 0.500. The average Bonchev–Trinajstić information content (AvgIpc) is 2.42. The second-order valence-corrected chi connectivity index (χ2v) is 5.69. The number of benzene rings is 1. The average molecular weight is 328 g/mol. The molecular weight excluding hydrogens is 302 g/mol. The Kier molecular flexibility index (Phi) is 8.75. The van der Waals surface area contributed by atoms with Crippen molar-refractivity contribution in [2.75, 3.05) is 6.54 Å². The first-order valence-corrected chi connectivity index (χ1v) is 7.17. The van der Waals surface area contributed by atoms with E-state index >= 15 is 0 Å². The van der Waals surface area contributed by atoms with E-state index in [1.54, 1.807) is 0 Å². The van der Waals surface area contributed by atoms with E-state index in [2.05, 4.69) is 16.7 Å². The largest absolute Gasteiger partial charge is 0.350 e. The van der Waals surface area contributed by atoms with Crippen molar-refractivity contribution in [1.82, 2.24) is 10.6 Å². The van der Waals surface area contributed by atoms with Crippen molar-refractivity contribution in [2.24, 2.45) is 11.7 Å². The minimum Gasteiger partial charge on any atom is -0.350 e. The van der Waals surface area contributed by atoms with Crippen LogP contribution in [0.1, 0.15) is 30.5 Å². The highest BCUT2D eigenvalue weighted by atomic mass is 35.5. The Morgan fingerprint density at radius 2 is 1.82 bits per heavy atom. The van der Waals surface area contributed by atoms with E-state index in [1.807, 2.05) is 39.8 Å². The molecule has 0 aliphatic rings. The molecule has 0 aromatic heterocycles. The Labute approximate surface area is 138 Å². The van der Waals surface area contributed by atoms with Gasteiger partial charge in [0.1, 0.15) is 0 Å². The SMILES string of the molecule is Cc1ccc(CNC(=O)CNC(=O)[C@@H](N)C(C)C)c(C)c1.Cl. The van der Waals surface area contributed by atoms with Gasteiger partial charge in [-0.25, -0.2) is 0 Å². The highest BCUT2D eigenvalue weighted by Gasteiger charge is 2.17. The predicted molar refractivity (Wildman–Crippen MR) is 90.8 cm³/mol. The van der Waals surface area contributed by atoms with Gasteiger partial charge < -0.3 is 16.4 Å². The van der Waals surface area contributed by atoms with E-state index in [-0.39, 0.29) is 36.7 Å². The monoisotopic (exact) mass is 327 g/mol. The first kappa shape index (κ1) is 20.4. The summed E-state index contributed by atoms with van der Waals surface area (Å²) in [4.78, 5) is 23.4. The van der Waals surface area contributed by atoms with E-state index in [0.717, 1.165) is 11.1 Å². The molecule has 0 saturated carbocycles. The summed E-state index contributed by atoms with van der Waals surface area (Å²) in [5.74, 6) is -0.478. The van der Waals surface area contributed by atoms with Gasteiger partial charge in [0.15, 0.2) is 0 Å². The molecule has 2 amide bonds. The maximum atomic E-state index is 11.7. The zero-order valence-corrected chi connectivity index (χ0v) is 14.4. The van der Waals surface area contributed by atoms with Crippen molar-refractivity contribution < 1.29 is 9.59 Å². The minimum absolute atomic E-state index is 0. The van der Waals surface area contributed by atoms with Crippen LogP contribution in [0.2, 0.25) is 0 Å². The van der Waals surface area contributed by atoms with Crippen LogP contribution in [0.15, 0.2) is 18.2 Å². The summed E-state index contributed by atoms with van der Waals surface area (Å²) < 4.78 is 0. The lowest BCUT2D eigenvalue weighted by Crippen LogP contribution is -2.47. The van der Waals surface area contributed by atoms with Crippen LogP contribution in [0.4, 0.5) is 0 Å². The molecule has 124 valence electrons. The molecule has 1 aromatic rings. The fourth-order valence-corrected chi connectivity index (χ4v) is 1.89.